The molecule has 3 aromatic carbocycles. The Morgan fingerprint density at radius 1 is 0.933 bits per heavy atom. The molecule has 0 saturated heterocycles. The van der Waals surface area contributed by atoms with Crippen LogP contribution in [0.5, 0.6) is 0 Å². The normalized spacial score (nSPS) is 11.2. The molecule has 1 heterocycles. The molecule has 0 spiro atoms. The van der Waals surface area contributed by atoms with Crippen LogP contribution in [-0.2, 0) is 10.0 Å². The van der Waals surface area contributed by atoms with Crippen LogP contribution in [0.2, 0.25) is 5.02 Å². The van der Waals surface area contributed by atoms with Crippen molar-refractivity contribution in [2.45, 2.75) is 4.90 Å². The van der Waals surface area contributed by atoms with E-state index in [1.165, 1.54) is 36.7 Å². The Balaban J connectivity index is 1.94. The first-order chi connectivity index (χ1) is 14.5. The van der Waals surface area contributed by atoms with Crippen molar-refractivity contribution in [3.05, 3.63) is 107 Å². The number of carbonyl (C=O) groups excluding carboxylic acids is 1. The highest BCUT2D eigenvalue weighted by molar-refractivity contribution is 7.93. The number of nitrogens with one attached hydrogen (secondary N) is 1. The first-order valence-electron chi connectivity index (χ1n) is 8.97. The van der Waals surface area contributed by atoms with Crippen LogP contribution in [0.4, 0.5) is 11.4 Å². The van der Waals surface area contributed by atoms with E-state index in [-0.39, 0.29) is 27.6 Å². The summed E-state index contributed by atoms with van der Waals surface area (Å²) >= 11 is 6.17. The lowest BCUT2D eigenvalue weighted by Gasteiger charge is -2.25. The fourth-order valence-corrected chi connectivity index (χ4v) is 4.75. The summed E-state index contributed by atoms with van der Waals surface area (Å²) < 4.78 is 28.2. The number of H-pyrrole nitrogens is 1. The second-order valence-corrected chi connectivity index (χ2v) is 8.62. The summed E-state index contributed by atoms with van der Waals surface area (Å²) in [4.78, 5) is 13.3. The molecular weight excluding hydrogens is 422 g/mol. The molecule has 0 unspecified atom stereocenters. The molecule has 1 N–H and O–H groups in total. The highest BCUT2D eigenvalue weighted by atomic mass is 35.5. The minimum Gasteiger partial charge on any atom is -0.289 e. The van der Waals surface area contributed by atoms with Crippen LogP contribution in [-0.4, -0.2) is 24.4 Å². The number of aromatic nitrogens is 2. The molecule has 8 heteroatoms. The van der Waals surface area contributed by atoms with Crippen molar-refractivity contribution in [1.29, 1.82) is 0 Å². The maximum absolute atomic E-state index is 13.6. The van der Waals surface area contributed by atoms with E-state index in [1.807, 2.05) is 0 Å². The Labute approximate surface area is 178 Å². The molecule has 0 amide bonds. The summed E-state index contributed by atoms with van der Waals surface area (Å²) in [6, 6.07) is 21.2. The van der Waals surface area contributed by atoms with Gasteiger partial charge in [0.1, 0.15) is 0 Å². The van der Waals surface area contributed by atoms with Gasteiger partial charge in [0.2, 0.25) is 0 Å². The summed E-state index contributed by atoms with van der Waals surface area (Å²) in [6.45, 7) is 0. The monoisotopic (exact) mass is 437 g/mol. The van der Waals surface area contributed by atoms with Gasteiger partial charge in [-0.3, -0.25) is 9.89 Å². The highest BCUT2D eigenvalue weighted by Gasteiger charge is 2.31. The quantitative estimate of drug-likeness (QED) is 0.438. The highest BCUT2D eigenvalue weighted by Crippen LogP contribution is 2.36. The molecule has 0 atom stereocenters. The summed E-state index contributed by atoms with van der Waals surface area (Å²) in [7, 11) is -4.05. The van der Waals surface area contributed by atoms with Crippen molar-refractivity contribution in [2.75, 3.05) is 4.31 Å². The van der Waals surface area contributed by atoms with Crippen molar-refractivity contribution in [3.8, 4) is 0 Å². The average Bonchev–Trinajstić information content (AvgIpc) is 3.29. The molecule has 0 aliphatic carbocycles. The van der Waals surface area contributed by atoms with Crippen molar-refractivity contribution in [2.24, 2.45) is 0 Å². The van der Waals surface area contributed by atoms with E-state index in [0.717, 1.165) is 4.31 Å². The lowest BCUT2D eigenvalue weighted by atomic mass is 10.0. The maximum Gasteiger partial charge on any atom is 0.268 e. The first kappa shape index (κ1) is 19.9. The van der Waals surface area contributed by atoms with Crippen molar-refractivity contribution < 1.29 is 13.2 Å². The number of ketones is 1. The first-order valence-corrected chi connectivity index (χ1v) is 10.8. The molecule has 30 heavy (non-hydrogen) atoms. The van der Waals surface area contributed by atoms with Gasteiger partial charge in [0.05, 0.1) is 22.5 Å². The van der Waals surface area contributed by atoms with Crippen LogP contribution in [0.1, 0.15) is 15.9 Å². The predicted octanol–water partition coefficient (Wildman–Crippen LogP) is 4.82. The van der Waals surface area contributed by atoms with Gasteiger partial charge in [-0.25, -0.2) is 12.7 Å². The third-order valence-electron chi connectivity index (χ3n) is 4.46. The van der Waals surface area contributed by atoms with Crippen molar-refractivity contribution in [3.63, 3.8) is 0 Å². The number of anilines is 2. The summed E-state index contributed by atoms with van der Waals surface area (Å²) in [6.07, 6.45) is 2.83. The smallest absolute Gasteiger partial charge is 0.268 e. The van der Waals surface area contributed by atoms with Gasteiger partial charge >= 0.3 is 0 Å². The van der Waals surface area contributed by atoms with Gasteiger partial charge in [-0.15, -0.1) is 0 Å². The Hall–Kier alpha value is -3.42. The molecule has 0 aliphatic heterocycles. The number of benzene rings is 3. The number of hydrogen-bond acceptors (Lipinski definition) is 4. The lowest BCUT2D eigenvalue weighted by Crippen LogP contribution is -2.27. The fourth-order valence-electron chi connectivity index (χ4n) is 3.07. The fraction of sp³-hybridized carbons (Fsp3) is 0. The van der Waals surface area contributed by atoms with Crippen LogP contribution < -0.4 is 4.31 Å². The minimum atomic E-state index is -4.05. The molecule has 0 saturated carbocycles. The van der Waals surface area contributed by atoms with Crippen molar-refractivity contribution in [1.82, 2.24) is 10.2 Å². The number of halogens is 1. The van der Waals surface area contributed by atoms with E-state index in [9.17, 15) is 13.2 Å². The zero-order chi connectivity index (χ0) is 21.1. The molecule has 4 aromatic rings. The largest absolute Gasteiger partial charge is 0.289 e. The van der Waals surface area contributed by atoms with E-state index in [0.29, 0.717) is 10.6 Å². The third-order valence-corrected chi connectivity index (χ3v) is 6.45. The van der Waals surface area contributed by atoms with Crippen LogP contribution in [0, 0.1) is 0 Å². The topological polar surface area (TPSA) is 83.1 Å². The zero-order valence-electron chi connectivity index (χ0n) is 15.6. The second kappa shape index (κ2) is 8.14. The number of hydrogen-bond donors (Lipinski definition) is 1. The van der Waals surface area contributed by atoms with Gasteiger partial charge < -0.3 is 0 Å². The Morgan fingerprint density at radius 3 is 2.23 bits per heavy atom. The van der Waals surface area contributed by atoms with Crippen LogP contribution in [0.3, 0.4) is 0 Å². The number of nitrogens with zero attached hydrogens (tertiary/aromatic N) is 2. The zero-order valence-corrected chi connectivity index (χ0v) is 17.1. The molecule has 0 aliphatic rings. The van der Waals surface area contributed by atoms with Gasteiger partial charge in [-0.1, -0.05) is 60.1 Å². The van der Waals surface area contributed by atoms with Crippen molar-refractivity contribution >= 4 is 38.8 Å². The molecule has 6 nitrogen and oxygen atoms in total. The summed E-state index contributed by atoms with van der Waals surface area (Å²) in [5, 5.41) is 6.83. The summed E-state index contributed by atoms with van der Waals surface area (Å²) in [5.74, 6) is -0.343. The maximum atomic E-state index is 13.6. The third kappa shape index (κ3) is 3.72. The standard InChI is InChI=1S/C22H16ClN3O3S/c23-17-11-12-21(20(13-17)22(27)16-7-3-1-4-8-16)26(18-14-24-25-15-18)30(28,29)19-9-5-2-6-10-19/h1-15H,(H,24,25). The van der Waals surface area contributed by atoms with E-state index in [4.69, 9.17) is 11.6 Å². The van der Waals surface area contributed by atoms with Crippen LogP contribution in [0.15, 0.2) is 96.2 Å². The minimum absolute atomic E-state index is 0.0826. The van der Waals surface area contributed by atoms with E-state index in [2.05, 4.69) is 10.2 Å². The van der Waals surface area contributed by atoms with Gasteiger partial charge in [-0.2, -0.15) is 5.10 Å². The van der Waals surface area contributed by atoms with Gasteiger partial charge in [0.25, 0.3) is 10.0 Å². The van der Waals surface area contributed by atoms with Crippen LogP contribution in [0.25, 0.3) is 0 Å². The van der Waals surface area contributed by atoms with E-state index < -0.39 is 10.0 Å². The SMILES string of the molecule is O=C(c1ccccc1)c1cc(Cl)ccc1N(c1cn[nH]c1)S(=O)(=O)c1ccccc1. The number of aromatic amines is 1. The van der Waals surface area contributed by atoms with Gasteiger partial charge in [0, 0.05) is 22.3 Å². The van der Waals surface area contributed by atoms with E-state index in [1.54, 1.807) is 54.6 Å². The number of rotatable bonds is 6. The number of carbonyl (C=O) groups is 1. The van der Waals surface area contributed by atoms with Gasteiger partial charge in [-0.05, 0) is 30.3 Å². The predicted molar refractivity (Wildman–Crippen MR) is 116 cm³/mol. The summed E-state index contributed by atoms with van der Waals surface area (Å²) in [5.41, 5.74) is 1.03. The van der Waals surface area contributed by atoms with E-state index >= 15 is 0 Å². The average molecular weight is 438 g/mol. The number of sulfonamides is 1. The Kier molecular flexibility index (Phi) is 5.39. The molecule has 0 fully saturated rings. The Morgan fingerprint density at radius 2 is 1.60 bits per heavy atom. The van der Waals surface area contributed by atoms with Gasteiger partial charge in [0.15, 0.2) is 5.78 Å². The van der Waals surface area contributed by atoms with Crippen LogP contribution >= 0.6 is 11.6 Å². The molecule has 0 bridgehead atoms. The lowest BCUT2D eigenvalue weighted by molar-refractivity contribution is 0.103. The molecule has 0 radical (unpaired) electrons. The molecule has 1 aromatic heterocycles. The molecule has 4 rings (SSSR count). The Bertz CT molecular complexity index is 1280. The molecular formula is C22H16ClN3O3S. The second-order valence-electron chi connectivity index (χ2n) is 6.40. The molecule has 150 valence electrons.